The molecular weight excluding hydrogens is 158 g/mol. The molecule has 0 aromatic heterocycles. The lowest BCUT2D eigenvalue weighted by Gasteiger charge is -2.00. The smallest absolute Gasteiger partial charge is 0.00144 e. The molecule has 0 rings (SSSR count). The standard InChI is InChI=1S/C12H25N/c1-4-13-11-9-7-5-6-8-10-12(2)3/h5,7,12-13H,4,6,8-11H2,1-3H3/b7-5+. The minimum atomic E-state index is 0.857. The van der Waals surface area contributed by atoms with E-state index in [1.807, 2.05) is 0 Å². The monoisotopic (exact) mass is 183 g/mol. The molecule has 0 fully saturated rings. The summed E-state index contributed by atoms with van der Waals surface area (Å²) >= 11 is 0. The first-order valence-corrected chi connectivity index (χ1v) is 5.63. The Balaban J connectivity index is 3.03. The van der Waals surface area contributed by atoms with E-state index >= 15 is 0 Å². The molecule has 0 saturated heterocycles. The molecule has 0 amide bonds. The van der Waals surface area contributed by atoms with Crippen molar-refractivity contribution in [3.63, 3.8) is 0 Å². The van der Waals surface area contributed by atoms with Crippen LogP contribution in [-0.2, 0) is 0 Å². The summed E-state index contributed by atoms with van der Waals surface area (Å²) in [4.78, 5) is 0. The summed E-state index contributed by atoms with van der Waals surface area (Å²) in [6.45, 7) is 8.93. The second-order valence-corrected chi connectivity index (χ2v) is 3.94. The van der Waals surface area contributed by atoms with Crippen molar-refractivity contribution in [1.29, 1.82) is 0 Å². The molecular formula is C12H25N. The molecule has 0 heterocycles. The van der Waals surface area contributed by atoms with Gasteiger partial charge in [-0.3, -0.25) is 0 Å². The van der Waals surface area contributed by atoms with Gasteiger partial charge in [0.25, 0.3) is 0 Å². The van der Waals surface area contributed by atoms with Crippen molar-refractivity contribution in [2.24, 2.45) is 5.92 Å². The minimum Gasteiger partial charge on any atom is -0.317 e. The first kappa shape index (κ1) is 12.7. The number of unbranched alkanes of at least 4 members (excludes halogenated alkanes) is 1. The summed E-state index contributed by atoms with van der Waals surface area (Å²) in [6.07, 6.45) is 9.75. The van der Waals surface area contributed by atoms with Gasteiger partial charge in [-0.25, -0.2) is 0 Å². The van der Waals surface area contributed by atoms with Crippen molar-refractivity contribution < 1.29 is 0 Å². The number of rotatable bonds is 8. The Morgan fingerprint density at radius 3 is 2.46 bits per heavy atom. The highest BCUT2D eigenvalue weighted by Crippen LogP contribution is 2.06. The van der Waals surface area contributed by atoms with Gasteiger partial charge >= 0.3 is 0 Å². The zero-order valence-electron chi connectivity index (χ0n) is 9.47. The van der Waals surface area contributed by atoms with Gasteiger partial charge in [-0.05, 0) is 38.3 Å². The maximum Gasteiger partial charge on any atom is -0.00144 e. The summed E-state index contributed by atoms with van der Waals surface area (Å²) in [6, 6.07) is 0. The van der Waals surface area contributed by atoms with Gasteiger partial charge in [0, 0.05) is 0 Å². The van der Waals surface area contributed by atoms with Gasteiger partial charge in [-0.15, -0.1) is 0 Å². The van der Waals surface area contributed by atoms with Gasteiger partial charge in [-0.2, -0.15) is 0 Å². The van der Waals surface area contributed by atoms with E-state index in [4.69, 9.17) is 0 Å². The fourth-order valence-corrected chi connectivity index (χ4v) is 1.24. The molecule has 78 valence electrons. The molecule has 0 unspecified atom stereocenters. The molecule has 0 aromatic rings. The maximum atomic E-state index is 3.31. The van der Waals surface area contributed by atoms with Gasteiger partial charge in [-0.1, -0.05) is 39.3 Å². The fraction of sp³-hybridized carbons (Fsp3) is 0.833. The minimum absolute atomic E-state index is 0.857. The first-order chi connectivity index (χ1) is 6.27. The van der Waals surface area contributed by atoms with Crippen LogP contribution in [0.15, 0.2) is 12.2 Å². The molecule has 0 aliphatic rings. The topological polar surface area (TPSA) is 12.0 Å². The van der Waals surface area contributed by atoms with E-state index in [9.17, 15) is 0 Å². The quantitative estimate of drug-likeness (QED) is 0.449. The molecule has 13 heavy (non-hydrogen) atoms. The van der Waals surface area contributed by atoms with Crippen molar-refractivity contribution in [2.45, 2.75) is 46.5 Å². The maximum absolute atomic E-state index is 3.31. The molecule has 0 aliphatic heterocycles. The van der Waals surface area contributed by atoms with Crippen LogP contribution in [0.2, 0.25) is 0 Å². The third-order valence-corrected chi connectivity index (χ3v) is 2.06. The highest BCUT2D eigenvalue weighted by molar-refractivity contribution is 4.82. The average molecular weight is 183 g/mol. The van der Waals surface area contributed by atoms with Crippen LogP contribution in [0.1, 0.15) is 46.5 Å². The Morgan fingerprint density at radius 2 is 1.85 bits per heavy atom. The van der Waals surface area contributed by atoms with Crippen LogP contribution >= 0.6 is 0 Å². The van der Waals surface area contributed by atoms with E-state index in [-0.39, 0.29) is 0 Å². The van der Waals surface area contributed by atoms with E-state index in [0.29, 0.717) is 0 Å². The van der Waals surface area contributed by atoms with E-state index in [1.54, 1.807) is 0 Å². The zero-order valence-corrected chi connectivity index (χ0v) is 9.47. The van der Waals surface area contributed by atoms with E-state index in [0.717, 1.165) is 19.0 Å². The van der Waals surface area contributed by atoms with Gasteiger partial charge < -0.3 is 5.32 Å². The summed E-state index contributed by atoms with van der Waals surface area (Å²) in [7, 11) is 0. The molecule has 0 spiro atoms. The SMILES string of the molecule is CCNCC/C=C/CCCC(C)C. The highest BCUT2D eigenvalue weighted by atomic mass is 14.8. The Morgan fingerprint density at radius 1 is 1.15 bits per heavy atom. The molecule has 0 radical (unpaired) electrons. The molecule has 0 aliphatic carbocycles. The summed E-state index contributed by atoms with van der Waals surface area (Å²) < 4.78 is 0. The molecule has 1 heteroatoms. The molecule has 0 saturated carbocycles. The summed E-state index contributed by atoms with van der Waals surface area (Å²) in [5.74, 6) is 0.857. The second-order valence-electron chi connectivity index (χ2n) is 3.94. The Bertz CT molecular complexity index is 116. The second kappa shape index (κ2) is 9.79. The van der Waals surface area contributed by atoms with Crippen LogP contribution in [0.25, 0.3) is 0 Å². The average Bonchev–Trinajstić information content (AvgIpc) is 2.09. The predicted molar refractivity (Wildman–Crippen MR) is 61.0 cm³/mol. The van der Waals surface area contributed by atoms with Crippen molar-refractivity contribution in [3.8, 4) is 0 Å². The molecule has 1 N–H and O–H groups in total. The van der Waals surface area contributed by atoms with Crippen molar-refractivity contribution >= 4 is 0 Å². The number of hydrogen-bond donors (Lipinski definition) is 1. The van der Waals surface area contributed by atoms with E-state index < -0.39 is 0 Å². The van der Waals surface area contributed by atoms with Crippen LogP contribution in [0.3, 0.4) is 0 Å². The van der Waals surface area contributed by atoms with Gasteiger partial charge in [0.2, 0.25) is 0 Å². The van der Waals surface area contributed by atoms with Gasteiger partial charge in [0.15, 0.2) is 0 Å². The molecule has 0 atom stereocenters. The summed E-state index contributed by atoms with van der Waals surface area (Å²) in [5, 5.41) is 3.31. The van der Waals surface area contributed by atoms with Gasteiger partial charge in [0.1, 0.15) is 0 Å². The van der Waals surface area contributed by atoms with Gasteiger partial charge in [0.05, 0.1) is 0 Å². The van der Waals surface area contributed by atoms with E-state index in [1.165, 1.54) is 25.7 Å². The lowest BCUT2D eigenvalue weighted by Crippen LogP contribution is -2.12. The largest absolute Gasteiger partial charge is 0.317 e. The predicted octanol–water partition coefficient (Wildman–Crippen LogP) is 3.37. The number of hydrogen-bond acceptors (Lipinski definition) is 1. The molecule has 0 bridgehead atoms. The van der Waals surface area contributed by atoms with Crippen LogP contribution < -0.4 is 5.32 Å². The Kier molecular flexibility index (Phi) is 9.56. The lowest BCUT2D eigenvalue weighted by atomic mass is 10.1. The third kappa shape index (κ3) is 11.7. The first-order valence-electron chi connectivity index (χ1n) is 5.63. The normalized spacial score (nSPS) is 11.7. The molecule has 1 nitrogen and oxygen atoms in total. The van der Waals surface area contributed by atoms with Crippen LogP contribution in [0, 0.1) is 5.92 Å². The Hall–Kier alpha value is -0.300. The highest BCUT2D eigenvalue weighted by Gasteiger charge is 1.90. The summed E-state index contributed by atoms with van der Waals surface area (Å²) in [5.41, 5.74) is 0. The van der Waals surface area contributed by atoms with Crippen LogP contribution in [-0.4, -0.2) is 13.1 Å². The Labute approximate surface area is 83.6 Å². The number of allylic oxidation sites excluding steroid dienone is 1. The van der Waals surface area contributed by atoms with Crippen LogP contribution in [0.4, 0.5) is 0 Å². The fourth-order valence-electron chi connectivity index (χ4n) is 1.24. The van der Waals surface area contributed by atoms with Crippen molar-refractivity contribution in [3.05, 3.63) is 12.2 Å². The number of nitrogens with one attached hydrogen (secondary N) is 1. The molecule has 0 aromatic carbocycles. The third-order valence-electron chi connectivity index (χ3n) is 2.06. The lowest BCUT2D eigenvalue weighted by molar-refractivity contribution is 0.559. The van der Waals surface area contributed by atoms with Crippen LogP contribution in [0.5, 0.6) is 0 Å². The van der Waals surface area contributed by atoms with Crippen molar-refractivity contribution in [1.82, 2.24) is 5.32 Å². The van der Waals surface area contributed by atoms with E-state index in [2.05, 4.69) is 38.2 Å². The zero-order chi connectivity index (χ0) is 9.94. The van der Waals surface area contributed by atoms with Crippen molar-refractivity contribution in [2.75, 3.05) is 13.1 Å².